The van der Waals surface area contributed by atoms with E-state index in [4.69, 9.17) is 21.4 Å². The molecule has 4 nitrogen and oxygen atoms in total. The molecule has 0 atom stereocenters. The maximum Gasteiger partial charge on any atom is 0.573 e. The molecular formula is C19H22ClF3O4. The van der Waals surface area contributed by atoms with Crippen LogP contribution in [-0.2, 0) is 16.1 Å². The molecule has 8 heteroatoms. The van der Waals surface area contributed by atoms with Crippen LogP contribution >= 0.6 is 11.6 Å². The molecule has 0 aromatic heterocycles. The molecule has 0 saturated heterocycles. The van der Waals surface area contributed by atoms with Gasteiger partial charge in [-0.05, 0) is 68.6 Å². The topological polar surface area (TPSA) is 55.8 Å². The Kier molecular flexibility index (Phi) is 5.64. The van der Waals surface area contributed by atoms with Crippen LogP contribution in [0.15, 0.2) is 18.2 Å². The molecule has 0 unspecified atom stereocenters. The third-order valence-corrected chi connectivity index (χ3v) is 6.03. The lowest BCUT2D eigenvalue weighted by Gasteiger charge is -2.28. The van der Waals surface area contributed by atoms with E-state index in [1.807, 2.05) is 0 Å². The first-order valence-electron chi connectivity index (χ1n) is 9.00. The predicted molar refractivity (Wildman–Crippen MR) is 92.7 cm³/mol. The minimum absolute atomic E-state index is 0.00280. The van der Waals surface area contributed by atoms with Crippen LogP contribution in [0.5, 0.6) is 5.75 Å². The first-order chi connectivity index (χ1) is 12.6. The first-order valence-corrected chi connectivity index (χ1v) is 9.38. The highest BCUT2D eigenvalue weighted by Gasteiger charge is 2.54. The number of alkyl halides is 3. The number of halogens is 4. The third kappa shape index (κ3) is 5.08. The monoisotopic (exact) mass is 406 g/mol. The fourth-order valence-corrected chi connectivity index (χ4v) is 4.73. The van der Waals surface area contributed by atoms with Gasteiger partial charge in [0, 0.05) is 17.0 Å². The van der Waals surface area contributed by atoms with Crippen LogP contribution in [-0.4, -0.2) is 23.0 Å². The highest BCUT2D eigenvalue weighted by atomic mass is 35.5. The highest BCUT2D eigenvalue weighted by molar-refractivity contribution is 6.30. The summed E-state index contributed by atoms with van der Waals surface area (Å²) in [6, 6.07) is 3.98. The summed E-state index contributed by atoms with van der Waals surface area (Å²) in [5, 5.41) is 9.14. The van der Waals surface area contributed by atoms with Gasteiger partial charge in [-0.25, -0.2) is 0 Å². The highest BCUT2D eigenvalue weighted by Crippen LogP contribution is 2.60. The van der Waals surface area contributed by atoms with Gasteiger partial charge >= 0.3 is 12.3 Å². The van der Waals surface area contributed by atoms with Crippen LogP contribution < -0.4 is 4.74 Å². The Balaban J connectivity index is 1.63. The summed E-state index contributed by atoms with van der Waals surface area (Å²) in [6.45, 7) is -0.00280. The van der Waals surface area contributed by atoms with Crippen molar-refractivity contribution in [2.75, 3.05) is 0 Å². The van der Waals surface area contributed by atoms with E-state index in [-0.39, 0.29) is 35.4 Å². The van der Waals surface area contributed by atoms with Gasteiger partial charge in [0.05, 0.1) is 12.2 Å². The normalized spacial score (nSPS) is 27.1. The molecule has 0 amide bonds. The molecule has 3 rings (SSSR count). The molecule has 0 spiro atoms. The van der Waals surface area contributed by atoms with Crippen molar-refractivity contribution in [3.8, 4) is 5.75 Å². The average molecular weight is 407 g/mol. The van der Waals surface area contributed by atoms with Gasteiger partial charge in [0.25, 0.3) is 0 Å². The van der Waals surface area contributed by atoms with Crippen molar-refractivity contribution in [2.45, 2.75) is 69.9 Å². The second kappa shape index (κ2) is 7.51. The van der Waals surface area contributed by atoms with Crippen LogP contribution in [0.4, 0.5) is 13.2 Å². The summed E-state index contributed by atoms with van der Waals surface area (Å²) in [5.41, 5.74) is 0.0281. The number of fused-ring (bicyclic) bond motifs is 2. The lowest BCUT2D eigenvalue weighted by molar-refractivity contribution is -0.275. The van der Waals surface area contributed by atoms with Crippen molar-refractivity contribution < 1.29 is 32.5 Å². The molecule has 0 radical (unpaired) electrons. The number of hydrogen-bond acceptors (Lipinski definition) is 3. The molecule has 1 aromatic carbocycles. The lowest BCUT2D eigenvalue weighted by Crippen LogP contribution is -2.26. The molecular weight excluding hydrogens is 385 g/mol. The van der Waals surface area contributed by atoms with Gasteiger partial charge in [0.1, 0.15) is 5.75 Å². The number of carboxylic acid groups (broad SMARTS) is 1. The van der Waals surface area contributed by atoms with Crippen LogP contribution in [0.3, 0.4) is 0 Å². The quantitative estimate of drug-likeness (QED) is 0.600. The van der Waals surface area contributed by atoms with E-state index in [0.717, 1.165) is 38.5 Å². The van der Waals surface area contributed by atoms with Gasteiger partial charge in [-0.1, -0.05) is 11.6 Å². The van der Waals surface area contributed by atoms with E-state index in [1.54, 1.807) is 0 Å². The molecule has 150 valence electrons. The van der Waals surface area contributed by atoms with Crippen molar-refractivity contribution in [3.63, 3.8) is 0 Å². The maximum absolute atomic E-state index is 12.6. The van der Waals surface area contributed by atoms with Crippen molar-refractivity contribution in [2.24, 2.45) is 5.41 Å². The van der Waals surface area contributed by atoms with Gasteiger partial charge in [-0.15, -0.1) is 13.2 Å². The Morgan fingerprint density at radius 1 is 1.22 bits per heavy atom. The summed E-state index contributed by atoms with van der Waals surface area (Å²) in [5.74, 6) is -1.09. The Labute approximate surface area is 160 Å². The van der Waals surface area contributed by atoms with Crippen LogP contribution in [0.1, 0.15) is 56.9 Å². The van der Waals surface area contributed by atoms with Gasteiger partial charge < -0.3 is 14.6 Å². The number of rotatable bonds is 8. The van der Waals surface area contributed by atoms with E-state index in [1.165, 1.54) is 18.2 Å². The number of carbonyl (C=O) groups is 1. The van der Waals surface area contributed by atoms with E-state index >= 15 is 0 Å². The van der Waals surface area contributed by atoms with Crippen molar-refractivity contribution >= 4 is 17.6 Å². The van der Waals surface area contributed by atoms with Gasteiger partial charge in [-0.2, -0.15) is 0 Å². The fourth-order valence-electron chi connectivity index (χ4n) is 4.54. The SMILES string of the molecule is O=C(O)CCCC12CCC(OCc3cc(Cl)ccc3OC(F)(F)F)(CC1)C2. The molecule has 27 heavy (non-hydrogen) atoms. The second-order valence-corrected chi connectivity index (χ2v) is 8.13. The number of ether oxygens (including phenoxy) is 2. The zero-order chi connectivity index (χ0) is 19.7. The Bertz CT molecular complexity index is 697. The summed E-state index contributed by atoms with van der Waals surface area (Å²) in [4.78, 5) is 10.7. The van der Waals surface area contributed by atoms with Gasteiger partial charge in [0.2, 0.25) is 0 Å². The maximum atomic E-state index is 12.6. The van der Waals surface area contributed by atoms with Gasteiger partial charge in [-0.3, -0.25) is 4.79 Å². The van der Waals surface area contributed by atoms with Crippen molar-refractivity contribution in [1.29, 1.82) is 0 Å². The second-order valence-electron chi connectivity index (χ2n) is 7.70. The Hall–Kier alpha value is -1.47. The molecule has 2 bridgehead atoms. The molecule has 1 N–H and O–H groups in total. The molecule has 2 fully saturated rings. The van der Waals surface area contributed by atoms with Crippen LogP contribution in [0.2, 0.25) is 5.02 Å². The van der Waals surface area contributed by atoms with E-state index < -0.39 is 12.3 Å². The molecule has 2 aliphatic carbocycles. The minimum atomic E-state index is -4.78. The third-order valence-electron chi connectivity index (χ3n) is 5.80. The summed E-state index contributed by atoms with van der Waals surface area (Å²) >= 11 is 5.92. The number of benzene rings is 1. The number of aliphatic carboxylic acids is 1. The minimum Gasteiger partial charge on any atom is -0.481 e. The number of carboxylic acids is 1. The molecule has 2 saturated carbocycles. The molecule has 2 aliphatic rings. The smallest absolute Gasteiger partial charge is 0.481 e. The summed E-state index contributed by atoms with van der Waals surface area (Å²) in [7, 11) is 0. The first kappa shape index (κ1) is 20.3. The van der Waals surface area contributed by atoms with Gasteiger partial charge in [0.15, 0.2) is 0 Å². The Morgan fingerprint density at radius 3 is 2.56 bits per heavy atom. The van der Waals surface area contributed by atoms with Crippen LogP contribution in [0.25, 0.3) is 0 Å². The van der Waals surface area contributed by atoms with E-state index in [2.05, 4.69) is 4.74 Å². The fraction of sp³-hybridized carbons (Fsp3) is 0.632. The Morgan fingerprint density at radius 2 is 1.93 bits per heavy atom. The molecule has 1 aromatic rings. The molecule has 0 aliphatic heterocycles. The number of hydrogen-bond donors (Lipinski definition) is 1. The van der Waals surface area contributed by atoms with E-state index in [9.17, 15) is 18.0 Å². The predicted octanol–water partition coefficient (Wildman–Crippen LogP) is 5.71. The van der Waals surface area contributed by atoms with E-state index in [0.29, 0.717) is 11.4 Å². The summed E-state index contributed by atoms with van der Waals surface area (Å²) in [6.07, 6.45) is 1.33. The van der Waals surface area contributed by atoms with Crippen molar-refractivity contribution in [3.05, 3.63) is 28.8 Å². The standard InChI is InChI=1S/C19H22ClF3O4/c20-14-3-4-15(27-19(21,22)23)13(10-14)11-26-18-8-6-17(12-18,7-9-18)5-1-2-16(24)25/h3-4,10H,1-2,5-9,11-12H2,(H,24,25). The average Bonchev–Trinajstić information content (AvgIpc) is 3.10. The largest absolute Gasteiger partial charge is 0.573 e. The zero-order valence-corrected chi connectivity index (χ0v) is 15.5. The van der Waals surface area contributed by atoms with Crippen LogP contribution in [0, 0.1) is 5.41 Å². The molecule has 0 heterocycles. The lowest BCUT2D eigenvalue weighted by atomic mass is 9.80. The zero-order valence-electron chi connectivity index (χ0n) is 14.8. The van der Waals surface area contributed by atoms with Crippen molar-refractivity contribution in [1.82, 2.24) is 0 Å². The summed E-state index contributed by atoms with van der Waals surface area (Å²) < 4.78 is 48.0.